The molecule has 0 aromatic carbocycles. The molecule has 98 valence electrons. The van der Waals surface area contributed by atoms with Gasteiger partial charge in [0.05, 0.1) is 12.2 Å². The van der Waals surface area contributed by atoms with Gasteiger partial charge in [0.2, 0.25) is 5.91 Å². The Kier molecular flexibility index (Phi) is 4.31. The third-order valence-corrected chi connectivity index (χ3v) is 3.26. The molecule has 1 aromatic heterocycles. The Balaban J connectivity index is 2.02. The Morgan fingerprint density at radius 1 is 1.56 bits per heavy atom. The zero-order valence-electron chi connectivity index (χ0n) is 11.1. The van der Waals surface area contributed by atoms with Crippen molar-refractivity contribution in [1.82, 2.24) is 15.2 Å². The van der Waals surface area contributed by atoms with Gasteiger partial charge in [-0.25, -0.2) is 0 Å². The fraction of sp³-hybridized carbons (Fsp3) is 0.571. The van der Waals surface area contributed by atoms with Crippen LogP contribution < -0.4 is 5.32 Å². The molecule has 4 heteroatoms. The Labute approximate surface area is 108 Å². The van der Waals surface area contributed by atoms with E-state index in [-0.39, 0.29) is 11.8 Å². The molecule has 0 saturated heterocycles. The third-order valence-electron chi connectivity index (χ3n) is 3.26. The predicted octanol–water partition coefficient (Wildman–Crippen LogP) is 1.43. The Bertz CT molecular complexity index is 389. The summed E-state index contributed by atoms with van der Waals surface area (Å²) in [5, 5.41) is 3.06. The molecule has 1 N–H and O–H groups in total. The minimum absolute atomic E-state index is 0.0271. The molecule has 18 heavy (non-hydrogen) atoms. The average molecular weight is 247 g/mol. The van der Waals surface area contributed by atoms with Crippen LogP contribution in [0.4, 0.5) is 0 Å². The number of hydrogen-bond acceptors (Lipinski definition) is 3. The molecule has 1 amide bonds. The normalized spacial score (nSPS) is 16.3. The van der Waals surface area contributed by atoms with Crippen molar-refractivity contribution in [3.63, 3.8) is 0 Å². The van der Waals surface area contributed by atoms with Gasteiger partial charge in [0.1, 0.15) is 0 Å². The second kappa shape index (κ2) is 5.96. The smallest absolute Gasteiger partial charge is 0.227 e. The van der Waals surface area contributed by atoms with E-state index < -0.39 is 0 Å². The summed E-state index contributed by atoms with van der Waals surface area (Å²) >= 11 is 0. The lowest BCUT2D eigenvalue weighted by atomic mass is 10.1. The highest BCUT2D eigenvalue weighted by Gasteiger charge is 2.34. The molecule has 1 saturated carbocycles. The van der Waals surface area contributed by atoms with E-state index in [0.29, 0.717) is 12.6 Å². The number of aromatic nitrogens is 1. The summed E-state index contributed by atoms with van der Waals surface area (Å²) in [4.78, 5) is 18.7. The molecule has 1 atom stereocenters. The van der Waals surface area contributed by atoms with E-state index in [2.05, 4.69) is 10.3 Å². The lowest BCUT2D eigenvalue weighted by Gasteiger charge is -2.25. The molecule has 1 heterocycles. The van der Waals surface area contributed by atoms with Gasteiger partial charge in [-0.05, 0) is 32.0 Å². The number of hydrogen-bond donors (Lipinski definition) is 1. The number of nitrogens with zero attached hydrogens (tertiary/aromatic N) is 2. The van der Waals surface area contributed by atoms with Crippen LogP contribution in [0.25, 0.3) is 0 Å². The van der Waals surface area contributed by atoms with Crippen molar-refractivity contribution >= 4 is 5.91 Å². The van der Waals surface area contributed by atoms with Gasteiger partial charge >= 0.3 is 0 Å². The summed E-state index contributed by atoms with van der Waals surface area (Å²) < 4.78 is 0. The quantitative estimate of drug-likeness (QED) is 0.827. The number of rotatable bonds is 6. The monoisotopic (exact) mass is 247 g/mol. The molecule has 0 aliphatic heterocycles. The summed E-state index contributed by atoms with van der Waals surface area (Å²) in [7, 11) is 1.88. The highest BCUT2D eigenvalue weighted by molar-refractivity contribution is 5.79. The molecular formula is C14H21N3O. The van der Waals surface area contributed by atoms with Crippen LogP contribution in [0.5, 0.6) is 0 Å². The topological polar surface area (TPSA) is 45.2 Å². The first-order valence-electron chi connectivity index (χ1n) is 6.57. The molecule has 1 fully saturated rings. The van der Waals surface area contributed by atoms with Crippen molar-refractivity contribution in [2.24, 2.45) is 5.92 Å². The fourth-order valence-electron chi connectivity index (χ4n) is 2.12. The standard InChI is InChI=1S/C14H21N3O/c1-11(9-15-2)14(18)17(13-6-7-13)10-12-5-3-4-8-16-12/h3-5,8,11,13,15H,6-7,9-10H2,1-2H3. The van der Waals surface area contributed by atoms with Crippen LogP contribution in [0.15, 0.2) is 24.4 Å². The second-order valence-corrected chi connectivity index (χ2v) is 4.98. The first-order valence-corrected chi connectivity index (χ1v) is 6.57. The Morgan fingerprint density at radius 2 is 2.33 bits per heavy atom. The van der Waals surface area contributed by atoms with Crippen LogP contribution in [-0.4, -0.2) is 35.4 Å². The van der Waals surface area contributed by atoms with Crippen LogP contribution in [-0.2, 0) is 11.3 Å². The van der Waals surface area contributed by atoms with Crippen molar-refractivity contribution < 1.29 is 4.79 Å². The molecule has 0 spiro atoms. The highest BCUT2D eigenvalue weighted by Crippen LogP contribution is 2.29. The van der Waals surface area contributed by atoms with E-state index in [1.54, 1.807) is 6.20 Å². The molecule has 0 bridgehead atoms. The van der Waals surface area contributed by atoms with Gasteiger partial charge in [-0.15, -0.1) is 0 Å². The minimum Gasteiger partial charge on any atom is -0.334 e. The molecule has 1 aromatic rings. The largest absolute Gasteiger partial charge is 0.334 e. The van der Waals surface area contributed by atoms with Crippen molar-refractivity contribution in [1.29, 1.82) is 0 Å². The lowest BCUT2D eigenvalue weighted by molar-refractivity contribution is -0.136. The van der Waals surface area contributed by atoms with Gasteiger partial charge < -0.3 is 10.2 Å². The summed E-state index contributed by atoms with van der Waals surface area (Å²) in [6, 6.07) is 6.27. The number of nitrogens with one attached hydrogen (secondary N) is 1. The van der Waals surface area contributed by atoms with Crippen LogP contribution in [0.2, 0.25) is 0 Å². The maximum Gasteiger partial charge on any atom is 0.227 e. The maximum atomic E-state index is 12.4. The predicted molar refractivity (Wildman–Crippen MR) is 70.9 cm³/mol. The van der Waals surface area contributed by atoms with E-state index in [9.17, 15) is 4.79 Å². The number of carbonyl (C=O) groups excluding carboxylic acids is 1. The second-order valence-electron chi connectivity index (χ2n) is 4.98. The fourth-order valence-corrected chi connectivity index (χ4v) is 2.12. The van der Waals surface area contributed by atoms with Crippen LogP contribution >= 0.6 is 0 Å². The van der Waals surface area contributed by atoms with Crippen molar-refractivity contribution in [2.45, 2.75) is 32.4 Å². The van der Waals surface area contributed by atoms with E-state index in [1.807, 2.05) is 37.1 Å². The molecule has 1 aliphatic carbocycles. The molecule has 2 rings (SSSR count). The molecular weight excluding hydrogens is 226 g/mol. The SMILES string of the molecule is CNCC(C)C(=O)N(Cc1ccccn1)C1CC1. The number of carbonyl (C=O) groups is 1. The van der Waals surface area contributed by atoms with Crippen LogP contribution in [0, 0.1) is 5.92 Å². The number of pyridine rings is 1. The average Bonchev–Trinajstić information content (AvgIpc) is 3.21. The van der Waals surface area contributed by atoms with Crippen molar-refractivity contribution in [3.05, 3.63) is 30.1 Å². The van der Waals surface area contributed by atoms with Crippen molar-refractivity contribution in [3.8, 4) is 0 Å². The summed E-state index contributed by atoms with van der Waals surface area (Å²) in [5.41, 5.74) is 0.967. The van der Waals surface area contributed by atoms with Gasteiger partial charge in [-0.3, -0.25) is 9.78 Å². The molecule has 1 unspecified atom stereocenters. The number of amides is 1. The van der Waals surface area contributed by atoms with E-state index in [0.717, 1.165) is 25.1 Å². The van der Waals surface area contributed by atoms with Gasteiger partial charge in [-0.1, -0.05) is 13.0 Å². The first-order chi connectivity index (χ1) is 8.72. The Hall–Kier alpha value is -1.42. The van der Waals surface area contributed by atoms with Crippen LogP contribution in [0.3, 0.4) is 0 Å². The third kappa shape index (κ3) is 3.29. The summed E-state index contributed by atoms with van der Waals surface area (Å²) in [6.45, 7) is 3.34. The molecule has 0 radical (unpaired) electrons. The maximum absolute atomic E-state index is 12.4. The van der Waals surface area contributed by atoms with E-state index >= 15 is 0 Å². The first kappa shape index (κ1) is 13.0. The zero-order chi connectivity index (χ0) is 13.0. The van der Waals surface area contributed by atoms with Gasteiger partial charge in [0, 0.05) is 24.7 Å². The zero-order valence-corrected chi connectivity index (χ0v) is 11.1. The van der Waals surface area contributed by atoms with Gasteiger partial charge in [-0.2, -0.15) is 0 Å². The minimum atomic E-state index is 0.0271. The Morgan fingerprint density at radius 3 is 2.89 bits per heavy atom. The molecule has 4 nitrogen and oxygen atoms in total. The van der Waals surface area contributed by atoms with Crippen molar-refractivity contribution in [2.75, 3.05) is 13.6 Å². The molecule has 1 aliphatic rings. The summed E-state index contributed by atoms with van der Waals surface area (Å²) in [5.74, 6) is 0.261. The van der Waals surface area contributed by atoms with Crippen LogP contribution in [0.1, 0.15) is 25.5 Å². The lowest BCUT2D eigenvalue weighted by Crippen LogP contribution is -2.39. The van der Waals surface area contributed by atoms with Gasteiger partial charge in [0.25, 0.3) is 0 Å². The highest BCUT2D eigenvalue weighted by atomic mass is 16.2. The van der Waals surface area contributed by atoms with E-state index in [4.69, 9.17) is 0 Å². The van der Waals surface area contributed by atoms with E-state index in [1.165, 1.54) is 0 Å². The van der Waals surface area contributed by atoms with Gasteiger partial charge in [0.15, 0.2) is 0 Å². The summed E-state index contributed by atoms with van der Waals surface area (Å²) in [6.07, 6.45) is 4.04.